The van der Waals surface area contributed by atoms with E-state index in [0.29, 0.717) is 24.2 Å². The predicted molar refractivity (Wildman–Crippen MR) is 73.5 cm³/mol. The van der Waals surface area contributed by atoms with Crippen molar-refractivity contribution >= 4 is 22.7 Å². The van der Waals surface area contributed by atoms with Gasteiger partial charge in [0.05, 0.1) is 17.6 Å². The first-order chi connectivity index (χ1) is 8.70. The average molecular weight is 246 g/mol. The zero-order valence-electron chi connectivity index (χ0n) is 10.7. The van der Waals surface area contributed by atoms with E-state index in [1.54, 1.807) is 7.11 Å². The Morgan fingerprint density at radius 1 is 1.28 bits per heavy atom. The highest BCUT2D eigenvalue weighted by molar-refractivity contribution is 5.79. The highest BCUT2D eigenvalue weighted by Gasteiger charge is 2.07. The van der Waals surface area contributed by atoms with Gasteiger partial charge in [-0.1, -0.05) is 19.1 Å². The number of rotatable bonds is 5. The molecule has 0 bridgehead atoms. The Morgan fingerprint density at radius 3 is 2.61 bits per heavy atom. The molecule has 1 aromatic carbocycles. The minimum atomic E-state index is 0.391. The SMILES string of the molecule is COCC(C)CNc1nc2ccccc2nc1N. The van der Waals surface area contributed by atoms with Gasteiger partial charge >= 0.3 is 0 Å². The van der Waals surface area contributed by atoms with Crippen molar-refractivity contribution in [3.05, 3.63) is 24.3 Å². The van der Waals surface area contributed by atoms with Gasteiger partial charge in [-0.2, -0.15) is 0 Å². The van der Waals surface area contributed by atoms with Crippen LogP contribution in [0.1, 0.15) is 6.92 Å². The summed E-state index contributed by atoms with van der Waals surface area (Å²) >= 11 is 0. The maximum atomic E-state index is 5.88. The third-order valence-corrected chi connectivity index (χ3v) is 2.67. The Hall–Kier alpha value is -1.88. The number of para-hydroxylation sites is 2. The van der Waals surface area contributed by atoms with E-state index in [0.717, 1.165) is 17.6 Å². The fourth-order valence-corrected chi connectivity index (χ4v) is 1.76. The monoisotopic (exact) mass is 246 g/mol. The quantitative estimate of drug-likeness (QED) is 0.843. The molecule has 3 N–H and O–H groups in total. The molecule has 0 fully saturated rings. The zero-order valence-corrected chi connectivity index (χ0v) is 10.7. The van der Waals surface area contributed by atoms with Crippen molar-refractivity contribution in [1.82, 2.24) is 9.97 Å². The molecule has 0 spiro atoms. The first kappa shape index (κ1) is 12.6. The first-order valence-electron chi connectivity index (χ1n) is 5.95. The molecule has 1 atom stereocenters. The summed E-state index contributed by atoms with van der Waals surface area (Å²) in [5, 5.41) is 3.21. The number of fused-ring (bicyclic) bond motifs is 1. The van der Waals surface area contributed by atoms with Crippen LogP contribution in [0.2, 0.25) is 0 Å². The normalized spacial score (nSPS) is 12.6. The van der Waals surface area contributed by atoms with Gasteiger partial charge < -0.3 is 15.8 Å². The number of hydrogen-bond acceptors (Lipinski definition) is 5. The Labute approximate surface area is 106 Å². The van der Waals surface area contributed by atoms with Crippen molar-refractivity contribution in [1.29, 1.82) is 0 Å². The molecular weight excluding hydrogens is 228 g/mol. The highest BCUT2D eigenvalue weighted by atomic mass is 16.5. The van der Waals surface area contributed by atoms with Crippen molar-refractivity contribution in [2.45, 2.75) is 6.92 Å². The summed E-state index contributed by atoms with van der Waals surface area (Å²) in [6.07, 6.45) is 0. The van der Waals surface area contributed by atoms with Gasteiger partial charge in [-0.3, -0.25) is 0 Å². The molecule has 18 heavy (non-hydrogen) atoms. The van der Waals surface area contributed by atoms with Gasteiger partial charge in [0, 0.05) is 13.7 Å². The lowest BCUT2D eigenvalue weighted by atomic mass is 10.2. The molecule has 0 saturated carbocycles. The Bertz CT molecular complexity index is 529. The lowest BCUT2D eigenvalue weighted by Gasteiger charge is -2.13. The van der Waals surface area contributed by atoms with Crippen LogP contribution in [-0.4, -0.2) is 30.2 Å². The maximum absolute atomic E-state index is 5.88. The molecule has 0 amide bonds. The molecule has 1 heterocycles. The summed E-state index contributed by atoms with van der Waals surface area (Å²) in [6, 6.07) is 7.68. The lowest BCUT2D eigenvalue weighted by molar-refractivity contribution is 0.164. The molecule has 5 nitrogen and oxygen atoms in total. The number of benzene rings is 1. The summed E-state index contributed by atoms with van der Waals surface area (Å²) in [5.74, 6) is 1.46. The summed E-state index contributed by atoms with van der Waals surface area (Å²) < 4.78 is 5.09. The van der Waals surface area contributed by atoms with Crippen LogP contribution in [0.4, 0.5) is 11.6 Å². The summed E-state index contributed by atoms with van der Waals surface area (Å²) in [5.41, 5.74) is 7.53. The topological polar surface area (TPSA) is 73.1 Å². The second-order valence-corrected chi connectivity index (χ2v) is 4.39. The van der Waals surface area contributed by atoms with E-state index in [-0.39, 0.29) is 0 Å². The van der Waals surface area contributed by atoms with Gasteiger partial charge in [0.25, 0.3) is 0 Å². The minimum absolute atomic E-state index is 0.391. The van der Waals surface area contributed by atoms with Gasteiger partial charge in [0.2, 0.25) is 0 Å². The van der Waals surface area contributed by atoms with E-state index in [4.69, 9.17) is 10.5 Å². The van der Waals surface area contributed by atoms with Crippen molar-refractivity contribution < 1.29 is 4.74 Å². The third-order valence-electron chi connectivity index (χ3n) is 2.67. The van der Waals surface area contributed by atoms with Gasteiger partial charge in [-0.25, -0.2) is 9.97 Å². The second-order valence-electron chi connectivity index (χ2n) is 4.39. The fourth-order valence-electron chi connectivity index (χ4n) is 1.76. The molecule has 5 heteroatoms. The molecule has 0 aliphatic heterocycles. The van der Waals surface area contributed by atoms with Crippen LogP contribution in [0.15, 0.2) is 24.3 Å². The summed E-state index contributed by atoms with van der Waals surface area (Å²) in [7, 11) is 1.70. The molecule has 96 valence electrons. The molecular formula is C13H18N4O. The number of aromatic nitrogens is 2. The number of nitrogen functional groups attached to an aromatic ring is 1. The summed E-state index contributed by atoms with van der Waals surface area (Å²) in [6.45, 7) is 3.56. The number of nitrogens with one attached hydrogen (secondary N) is 1. The van der Waals surface area contributed by atoms with Gasteiger partial charge in [0.1, 0.15) is 0 Å². The van der Waals surface area contributed by atoms with Crippen LogP contribution >= 0.6 is 0 Å². The number of ether oxygens (including phenoxy) is 1. The van der Waals surface area contributed by atoms with Gasteiger partial charge in [-0.15, -0.1) is 0 Å². The molecule has 1 unspecified atom stereocenters. The van der Waals surface area contributed by atoms with Crippen LogP contribution in [0.5, 0.6) is 0 Å². The van der Waals surface area contributed by atoms with Crippen LogP contribution in [0, 0.1) is 5.92 Å². The van der Waals surface area contributed by atoms with Crippen molar-refractivity contribution in [2.75, 3.05) is 31.3 Å². The van der Waals surface area contributed by atoms with E-state index in [1.807, 2.05) is 24.3 Å². The number of nitrogens with two attached hydrogens (primary N) is 1. The smallest absolute Gasteiger partial charge is 0.169 e. The molecule has 0 aliphatic carbocycles. The number of hydrogen-bond donors (Lipinski definition) is 2. The maximum Gasteiger partial charge on any atom is 0.169 e. The molecule has 2 aromatic rings. The Morgan fingerprint density at radius 2 is 1.94 bits per heavy atom. The van der Waals surface area contributed by atoms with E-state index >= 15 is 0 Å². The lowest BCUT2D eigenvalue weighted by Crippen LogP contribution is -2.17. The number of anilines is 2. The molecule has 2 rings (SSSR count). The second kappa shape index (κ2) is 5.64. The third kappa shape index (κ3) is 2.87. The number of nitrogens with zero attached hydrogens (tertiary/aromatic N) is 2. The minimum Gasteiger partial charge on any atom is -0.384 e. The zero-order chi connectivity index (χ0) is 13.0. The van der Waals surface area contributed by atoms with Crippen molar-refractivity contribution in [3.63, 3.8) is 0 Å². The van der Waals surface area contributed by atoms with Crippen LogP contribution in [0.25, 0.3) is 11.0 Å². The predicted octanol–water partition coefficient (Wildman–Crippen LogP) is 1.91. The Balaban J connectivity index is 2.15. The highest BCUT2D eigenvalue weighted by Crippen LogP contribution is 2.18. The van der Waals surface area contributed by atoms with Crippen LogP contribution in [-0.2, 0) is 4.74 Å². The van der Waals surface area contributed by atoms with Crippen molar-refractivity contribution in [2.24, 2.45) is 5.92 Å². The number of methoxy groups -OCH3 is 1. The molecule has 0 aliphatic rings. The standard InChI is InChI=1S/C13H18N4O/c1-9(8-18-2)7-15-13-12(14)16-10-5-3-4-6-11(10)17-13/h3-6,9H,7-8H2,1-2H3,(H2,14,16)(H,15,17). The Kier molecular flexibility index (Phi) is 3.94. The van der Waals surface area contributed by atoms with E-state index in [9.17, 15) is 0 Å². The van der Waals surface area contributed by atoms with E-state index < -0.39 is 0 Å². The molecule has 1 aromatic heterocycles. The summed E-state index contributed by atoms with van der Waals surface area (Å²) in [4.78, 5) is 8.79. The average Bonchev–Trinajstić information content (AvgIpc) is 2.36. The first-order valence-corrected chi connectivity index (χ1v) is 5.95. The van der Waals surface area contributed by atoms with E-state index in [2.05, 4.69) is 22.2 Å². The molecule has 0 radical (unpaired) electrons. The van der Waals surface area contributed by atoms with Gasteiger partial charge in [-0.05, 0) is 18.1 Å². The fraction of sp³-hybridized carbons (Fsp3) is 0.385. The van der Waals surface area contributed by atoms with E-state index in [1.165, 1.54) is 0 Å². The van der Waals surface area contributed by atoms with Gasteiger partial charge in [0.15, 0.2) is 11.6 Å². The van der Waals surface area contributed by atoms with Crippen molar-refractivity contribution in [3.8, 4) is 0 Å². The molecule has 0 saturated heterocycles. The largest absolute Gasteiger partial charge is 0.384 e. The van der Waals surface area contributed by atoms with Crippen LogP contribution < -0.4 is 11.1 Å². The van der Waals surface area contributed by atoms with Crippen LogP contribution in [0.3, 0.4) is 0 Å².